The second-order valence-electron chi connectivity index (χ2n) is 4.74. The lowest BCUT2D eigenvalue weighted by Crippen LogP contribution is -1.93. The Labute approximate surface area is 100 Å². The van der Waals surface area contributed by atoms with E-state index in [1.54, 1.807) is 0 Å². The number of nitrogens with zero attached hydrogens (tertiary/aromatic N) is 1. The first-order chi connectivity index (χ1) is 7.84. The molecule has 0 N–H and O–H groups in total. The second kappa shape index (κ2) is 8.32. The fraction of sp³-hybridized carbons (Fsp3) is 0.667. The van der Waals surface area contributed by atoms with E-state index in [-0.39, 0.29) is 0 Å². The summed E-state index contributed by atoms with van der Waals surface area (Å²) in [6.07, 6.45) is 13.4. The quantitative estimate of drug-likeness (QED) is 0.565. The van der Waals surface area contributed by atoms with Crippen LogP contribution < -0.4 is 0 Å². The average molecular weight is 219 g/mol. The molecule has 0 aromatic carbocycles. The van der Waals surface area contributed by atoms with Gasteiger partial charge in [0.2, 0.25) is 0 Å². The summed E-state index contributed by atoms with van der Waals surface area (Å²) in [4.78, 5) is 4.06. The van der Waals surface area contributed by atoms with Gasteiger partial charge in [0.1, 0.15) is 0 Å². The molecule has 0 bridgehead atoms. The molecule has 0 unspecified atom stereocenters. The smallest absolute Gasteiger partial charge is 0.0270 e. The van der Waals surface area contributed by atoms with E-state index < -0.39 is 0 Å². The van der Waals surface area contributed by atoms with E-state index in [9.17, 15) is 0 Å². The Balaban J connectivity index is 2.09. The van der Waals surface area contributed by atoms with E-state index >= 15 is 0 Å². The lowest BCUT2D eigenvalue weighted by Gasteiger charge is -2.10. The molecule has 16 heavy (non-hydrogen) atoms. The van der Waals surface area contributed by atoms with Crippen molar-refractivity contribution in [3.05, 3.63) is 30.1 Å². The average Bonchev–Trinajstić information content (AvgIpc) is 2.34. The minimum Gasteiger partial charge on any atom is -0.265 e. The van der Waals surface area contributed by atoms with E-state index in [0.29, 0.717) is 5.92 Å². The Morgan fingerprint density at radius 3 is 2.31 bits per heavy atom. The first-order valence-corrected chi connectivity index (χ1v) is 6.74. The maximum atomic E-state index is 4.06. The molecule has 0 fully saturated rings. The highest BCUT2D eigenvalue weighted by Gasteiger charge is 2.03. The zero-order chi connectivity index (χ0) is 11.6. The maximum Gasteiger partial charge on any atom is 0.0270 e. The van der Waals surface area contributed by atoms with Crippen LogP contribution in [0, 0.1) is 0 Å². The minimum absolute atomic E-state index is 0.689. The molecular formula is C15H25N. The van der Waals surface area contributed by atoms with Gasteiger partial charge in [0, 0.05) is 12.4 Å². The fourth-order valence-electron chi connectivity index (χ4n) is 2.09. The van der Waals surface area contributed by atoms with E-state index in [2.05, 4.69) is 31.0 Å². The minimum atomic E-state index is 0.689. The third kappa shape index (κ3) is 5.29. The number of aromatic nitrogens is 1. The van der Waals surface area contributed by atoms with Crippen LogP contribution in [0.1, 0.15) is 70.3 Å². The molecule has 0 aliphatic rings. The van der Waals surface area contributed by atoms with Crippen molar-refractivity contribution in [3.8, 4) is 0 Å². The van der Waals surface area contributed by atoms with Crippen LogP contribution in [0.3, 0.4) is 0 Å². The largest absolute Gasteiger partial charge is 0.265 e. The van der Waals surface area contributed by atoms with Crippen molar-refractivity contribution >= 4 is 0 Å². The van der Waals surface area contributed by atoms with Crippen molar-refractivity contribution in [2.75, 3.05) is 0 Å². The Kier molecular flexibility index (Phi) is 6.87. The van der Waals surface area contributed by atoms with Crippen LogP contribution in [-0.2, 0) is 0 Å². The SMILES string of the molecule is CCCCCCCC[C@@H](C)c1ccncc1. The van der Waals surface area contributed by atoms with Gasteiger partial charge in [0.25, 0.3) is 0 Å². The Morgan fingerprint density at radius 1 is 1.00 bits per heavy atom. The van der Waals surface area contributed by atoms with Crippen LogP contribution in [0.15, 0.2) is 24.5 Å². The van der Waals surface area contributed by atoms with Gasteiger partial charge < -0.3 is 0 Å². The van der Waals surface area contributed by atoms with Crippen LogP contribution in [0.5, 0.6) is 0 Å². The summed E-state index contributed by atoms with van der Waals surface area (Å²) in [5.74, 6) is 0.689. The standard InChI is InChI=1S/C15H25N/c1-3-4-5-6-7-8-9-14(2)15-10-12-16-13-11-15/h10-14H,3-9H2,1-2H3/t14-/m1/s1. The van der Waals surface area contributed by atoms with E-state index in [1.165, 1.54) is 50.5 Å². The van der Waals surface area contributed by atoms with Crippen LogP contribution >= 0.6 is 0 Å². The molecule has 0 saturated carbocycles. The topological polar surface area (TPSA) is 12.9 Å². The molecule has 0 aliphatic heterocycles. The first kappa shape index (κ1) is 13.2. The molecule has 1 heterocycles. The number of hydrogen-bond donors (Lipinski definition) is 0. The molecule has 0 aliphatic carbocycles. The Morgan fingerprint density at radius 2 is 1.62 bits per heavy atom. The number of hydrogen-bond acceptors (Lipinski definition) is 1. The molecule has 0 radical (unpaired) electrons. The number of rotatable bonds is 8. The predicted molar refractivity (Wildman–Crippen MR) is 70.6 cm³/mol. The molecule has 1 aromatic rings. The molecule has 1 rings (SSSR count). The zero-order valence-corrected chi connectivity index (χ0v) is 10.8. The summed E-state index contributed by atoms with van der Waals surface area (Å²) in [5.41, 5.74) is 1.43. The lowest BCUT2D eigenvalue weighted by molar-refractivity contribution is 0.557. The second-order valence-corrected chi connectivity index (χ2v) is 4.74. The molecular weight excluding hydrogens is 194 g/mol. The van der Waals surface area contributed by atoms with Gasteiger partial charge in [-0.3, -0.25) is 4.98 Å². The highest BCUT2D eigenvalue weighted by atomic mass is 14.6. The van der Waals surface area contributed by atoms with Crippen molar-refractivity contribution in [1.82, 2.24) is 4.98 Å². The normalized spacial score (nSPS) is 12.6. The van der Waals surface area contributed by atoms with Gasteiger partial charge in [-0.05, 0) is 30.0 Å². The first-order valence-electron chi connectivity index (χ1n) is 6.74. The van der Waals surface area contributed by atoms with E-state index in [0.717, 1.165) is 0 Å². The third-order valence-electron chi connectivity index (χ3n) is 3.27. The summed E-state index contributed by atoms with van der Waals surface area (Å²) in [6, 6.07) is 4.28. The Bertz CT molecular complexity index is 255. The molecule has 0 spiro atoms. The van der Waals surface area contributed by atoms with Gasteiger partial charge in [-0.1, -0.05) is 52.4 Å². The number of pyridine rings is 1. The van der Waals surface area contributed by atoms with Crippen molar-refractivity contribution in [1.29, 1.82) is 0 Å². The number of unbranched alkanes of at least 4 members (excludes halogenated alkanes) is 5. The van der Waals surface area contributed by atoms with Gasteiger partial charge >= 0.3 is 0 Å². The van der Waals surface area contributed by atoms with E-state index in [1.807, 2.05) is 12.4 Å². The van der Waals surface area contributed by atoms with E-state index in [4.69, 9.17) is 0 Å². The molecule has 1 aromatic heterocycles. The highest BCUT2D eigenvalue weighted by Crippen LogP contribution is 2.21. The summed E-state index contributed by atoms with van der Waals surface area (Å²) < 4.78 is 0. The summed E-state index contributed by atoms with van der Waals surface area (Å²) in [5, 5.41) is 0. The summed E-state index contributed by atoms with van der Waals surface area (Å²) >= 11 is 0. The van der Waals surface area contributed by atoms with Gasteiger partial charge in [-0.25, -0.2) is 0 Å². The summed E-state index contributed by atoms with van der Waals surface area (Å²) in [7, 11) is 0. The van der Waals surface area contributed by atoms with Crippen LogP contribution in [0.2, 0.25) is 0 Å². The molecule has 90 valence electrons. The van der Waals surface area contributed by atoms with Crippen LogP contribution in [-0.4, -0.2) is 4.98 Å². The fourth-order valence-corrected chi connectivity index (χ4v) is 2.09. The molecule has 1 nitrogen and oxygen atoms in total. The van der Waals surface area contributed by atoms with Crippen molar-refractivity contribution in [3.63, 3.8) is 0 Å². The van der Waals surface area contributed by atoms with Crippen LogP contribution in [0.4, 0.5) is 0 Å². The highest BCUT2D eigenvalue weighted by molar-refractivity contribution is 5.14. The molecule has 0 amide bonds. The zero-order valence-electron chi connectivity index (χ0n) is 10.8. The Hall–Kier alpha value is -0.850. The van der Waals surface area contributed by atoms with Gasteiger partial charge in [0.05, 0.1) is 0 Å². The van der Waals surface area contributed by atoms with Crippen molar-refractivity contribution in [2.45, 2.75) is 64.7 Å². The molecule has 0 saturated heterocycles. The maximum absolute atomic E-state index is 4.06. The molecule has 1 atom stereocenters. The lowest BCUT2D eigenvalue weighted by atomic mass is 9.95. The van der Waals surface area contributed by atoms with Crippen LogP contribution in [0.25, 0.3) is 0 Å². The summed E-state index contributed by atoms with van der Waals surface area (Å²) in [6.45, 7) is 4.59. The van der Waals surface area contributed by atoms with Crippen molar-refractivity contribution in [2.24, 2.45) is 0 Å². The predicted octanol–water partition coefficient (Wildman–Crippen LogP) is 4.94. The molecule has 1 heteroatoms. The monoisotopic (exact) mass is 219 g/mol. The van der Waals surface area contributed by atoms with Gasteiger partial charge in [-0.15, -0.1) is 0 Å². The van der Waals surface area contributed by atoms with Gasteiger partial charge in [0.15, 0.2) is 0 Å². The third-order valence-corrected chi connectivity index (χ3v) is 3.27. The van der Waals surface area contributed by atoms with Gasteiger partial charge in [-0.2, -0.15) is 0 Å². The van der Waals surface area contributed by atoms with Crippen molar-refractivity contribution < 1.29 is 0 Å².